The molecule has 0 aromatic carbocycles. The Morgan fingerprint density at radius 3 is 2.86 bits per heavy atom. The van der Waals surface area contributed by atoms with Crippen molar-refractivity contribution in [3.8, 4) is 0 Å². The van der Waals surface area contributed by atoms with E-state index in [-0.39, 0.29) is 18.9 Å². The second-order valence-corrected chi connectivity index (χ2v) is 4.74. The third kappa shape index (κ3) is 2.63. The number of hydrogen-bond donors (Lipinski definition) is 0. The van der Waals surface area contributed by atoms with Crippen LogP contribution in [-0.4, -0.2) is 14.9 Å². The molecule has 70 valence electrons. The van der Waals surface area contributed by atoms with Crippen LogP contribution in [0.4, 0.5) is 0 Å². The van der Waals surface area contributed by atoms with E-state index in [0.29, 0.717) is 0 Å². The Balaban J connectivity index is 0.000000980. The van der Waals surface area contributed by atoms with Gasteiger partial charge in [-0.2, -0.15) is 6.07 Å². The molecule has 4 heteroatoms. The quantitative estimate of drug-likeness (QED) is 0.426. The molecule has 1 saturated heterocycles. The minimum absolute atomic E-state index is 0. The fourth-order valence-electron chi connectivity index (χ4n) is 1.53. The molecule has 0 N–H and O–H groups in total. The first-order chi connectivity index (χ1) is 6.38. The van der Waals surface area contributed by atoms with Crippen LogP contribution in [0.3, 0.4) is 0 Å². The molecule has 1 aliphatic heterocycles. The van der Waals surface area contributed by atoms with E-state index in [1.165, 1.54) is 0 Å². The Hall–Kier alpha value is -0.233. The maximum Gasteiger partial charge on any atom is 1.00 e. The standard InChI is InChI=1S/C10H12NOS.Li/c12-13-8-4-2-6-10(13)9-5-1-3-7-11-9;/h1,3,5,7H,2,4,6,8H2;/q-1;+1. The van der Waals surface area contributed by atoms with Gasteiger partial charge < -0.3 is 0 Å². The van der Waals surface area contributed by atoms with Crippen molar-refractivity contribution in [2.45, 2.75) is 19.3 Å². The Morgan fingerprint density at radius 2 is 2.21 bits per heavy atom. The molecule has 0 aliphatic carbocycles. The first-order valence-electron chi connectivity index (χ1n) is 4.53. The first kappa shape index (κ1) is 11.8. The maximum absolute atomic E-state index is 11.6. The van der Waals surface area contributed by atoms with Gasteiger partial charge in [0.2, 0.25) is 0 Å². The van der Waals surface area contributed by atoms with Crippen LogP contribution in [0, 0.1) is 5.25 Å². The molecule has 1 aromatic heterocycles. The third-order valence-electron chi connectivity index (χ3n) is 2.21. The molecule has 14 heavy (non-hydrogen) atoms. The van der Waals surface area contributed by atoms with Crippen molar-refractivity contribution in [2.75, 3.05) is 5.75 Å². The van der Waals surface area contributed by atoms with Crippen molar-refractivity contribution >= 4 is 10.8 Å². The number of nitrogens with zero attached hydrogens (tertiary/aromatic N) is 1. The molecule has 0 bridgehead atoms. The molecular weight excluding hydrogens is 189 g/mol. The Bertz CT molecular complexity index is 304. The number of hydrogen-bond acceptors (Lipinski definition) is 2. The molecule has 2 heterocycles. The molecule has 1 atom stereocenters. The molecule has 1 aliphatic rings. The van der Waals surface area contributed by atoms with Gasteiger partial charge in [-0.3, -0.25) is 9.19 Å². The second kappa shape index (κ2) is 5.60. The number of pyridine rings is 1. The van der Waals surface area contributed by atoms with E-state index in [9.17, 15) is 4.21 Å². The summed E-state index contributed by atoms with van der Waals surface area (Å²) >= 11 is 0. The van der Waals surface area contributed by atoms with Crippen LogP contribution in [0.15, 0.2) is 24.4 Å². The van der Waals surface area contributed by atoms with Crippen LogP contribution in [0.1, 0.15) is 25.0 Å². The molecule has 0 radical (unpaired) electrons. The smallest absolute Gasteiger partial charge is 0.294 e. The average Bonchev–Trinajstić information content (AvgIpc) is 2.20. The topological polar surface area (TPSA) is 30.0 Å². The van der Waals surface area contributed by atoms with Gasteiger partial charge in [-0.15, -0.1) is 11.3 Å². The van der Waals surface area contributed by atoms with Crippen molar-refractivity contribution in [3.05, 3.63) is 35.3 Å². The summed E-state index contributed by atoms with van der Waals surface area (Å²) in [7, 11) is -0.775. The normalized spacial score (nSPS) is 21.4. The minimum atomic E-state index is -0.775. The van der Waals surface area contributed by atoms with E-state index >= 15 is 0 Å². The zero-order valence-electron chi connectivity index (χ0n) is 8.40. The van der Waals surface area contributed by atoms with Gasteiger partial charge >= 0.3 is 18.9 Å². The van der Waals surface area contributed by atoms with E-state index in [1.54, 1.807) is 6.20 Å². The summed E-state index contributed by atoms with van der Waals surface area (Å²) in [6, 6.07) is 5.77. The van der Waals surface area contributed by atoms with E-state index in [2.05, 4.69) is 4.98 Å². The third-order valence-corrected chi connectivity index (χ3v) is 3.83. The average molecular weight is 201 g/mol. The minimum Gasteiger partial charge on any atom is -0.294 e. The van der Waals surface area contributed by atoms with Crippen molar-refractivity contribution in [1.82, 2.24) is 4.98 Å². The van der Waals surface area contributed by atoms with Crippen LogP contribution >= 0.6 is 0 Å². The summed E-state index contributed by atoms with van der Waals surface area (Å²) in [5.41, 5.74) is 0.917. The van der Waals surface area contributed by atoms with E-state index in [1.807, 2.05) is 18.2 Å². The largest absolute Gasteiger partial charge is 1.00 e. The monoisotopic (exact) mass is 201 g/mol. The molecule has 2 nitrogen and oxygen atoms in total. The van der Waals surface area contributed by atoms with Crippen molar-refractivity contribution in [3.63, 3.8) is 0 Å². The van der Waals surface area contributed by atoms with Gasteiger partial charge in [0.15, 0.2) is 0 Å². The Labute approximate surface area is 99.1 Å². The summed E-state index contributed by atoms with van der Waals surface area (Å²) in [5, 5.41) is 1.03. The predicted octanol–water partition coefficient (Wildman–Crippen LogP) is -1.10. The van der Waals surface area contributed by atoms with E-state index in [0.717, 1.165) is 36.0 Å². The molecule has 0 saturated carbocycles. The molecule has 2 rings (SSSR count). The van der Waals surface area contributed by atoms with Crippen LogP contribution in [0.2, 0.25) is 0 Å². The number of aromatic nitrogens is 1. The van der Waals surface area contributed by atoms with Gasteiger partial charge in [-0.1, -0.05) is 24.6 Å². The molecule has 1 aromatic rings. The van der Waals surface area contributed by atoms with Gasteiger partial charge in [0.05, 0.1) is 0 Å². The van der Waals surface area contributed by atoms with Crippen molar-refractivity contribution in [1.29, 1.82) is 0 Å². The maximum atomic E-state index is 11.6. The molecule has 0 spiro atoms. The summed E-state index contributed by atoms with van der Waals surface area (Å²) < 4.78 is 11.6. The fourth-order valence-corrected chi connectivity index (χ4v) is 2.97. The summed E-state index contributed by atoms with van der Waals surface area (Å²) in [6.45, 7) is 0. The zero-order valence-corrected chi connectivity index (χ0v) is 9.22. The Morgan fingerprint density at radius 1 is 1.36 bits per heavy atom. The molecular formula is C10H12LiNOS. The SMILES string of the molecule is O=S1CCCC[C-]1c1ccccn1.[Li+]. The van der Waals surface area contributed by atoms with E-state index < -0.39 is 10.8 Å². The molecule has 1 fully saturated rings. The van der Waals surface area contributed by atoms with Crippen molar-refractivity contribution in [2.24, 2.45) is 0 Å². The van der Waals surface area contributed by atoms with Gasteiger partial charge in [-0.25, -0.2) is 0 Å². The molecule has 1 unspecified atom stereocenters. The first-order valence-corrected chi connectivity index (χ1v) is 5.85. The summed E-state index contributed by atoms with van der Waals surface area (Å²) in [4.78, 5) is 4.22. The number of rotatable bonds is 1. The second-order valence-electron chi connectivity index (χ2n) is 3.14. The van der Waals surface area contributed by atoms with Crippen LogP contribution in [0.5, 0.6) is 0 Å². The van der Waals surface area contributed by atoms with Gasteiger partial charge in [0.1, 0.15) is 0 Å². The Kier molecular flexibility index (Phi) is 4.74. The van der Waals surface area contributed by atoms with Gasteiger partial charge in [0, 0.05) is 11.9 Å². The summed E-state index contributed by atoms with van der Waals surface area (Å²) in [6.07, 6.45) is 4.94. The molecule has 0 amide bonds. The van der Waals surface area contributed by atoms with Crippen LogP contribution in [0.25, 0.3) is 0 Å². The predicted molar refractivity (Wildman–Crippen MR) is 53.4 cm³/mol. The van der Waals surface area contributed by atoms with Crippen molar-refractivity contribution < 1.29 is 23.1 Å². The van der Waals surface area contributed by atoms with Crippen LogP contribution < -0.4 is 18.9 Å². The summed E-state index contributed by atoms with van der Waals surface area (Å²) in [5.74, 6) is 0.811. The van der Waals surface area contributed by atoms with E-state index in [4.69, 9.17) is 0 Å². The van der Waals surface area contributed by atoms with Gasteiger partial charge in [-0.05, 0) is 17.2 Å². The zero-order chi connectivity index (χ0) is 9.10. The van der Waals surface area contributed by atoms with Crippen LogP contribution in [-0.2, 0) is 10.8 Å². The fraction of sp³-hybridized carbons (Fsp3) is 0.400. The van der Waals surface area contributed by atoms with Gasteiger partial charge in [0.25, 0.3) is 0 Å².